The van der Waals surface area contributed by atoms with Gasteiger partial charge in [-0.05, 0) is 66.3 Å². The average Bonchev–Trinajstić information content (AvgIpc) is 3.36. The van der Waals surface area contributed by atoms with Crippen LogP contribution in [0, 0.1) is 11.3 Å². The van der Waals surface area contributed by atoms with Gasteiger partial charge in [-0.1, -0.05) is 39.8 Å². The molecule has 33 heavy (non-hydrogen) atoms. The van der Waals surface area contributed by atoms with Crippen molar-refractivity contribution in [2.75, 3.05) is 10.6 Å². The van der Waals surface area contributed by atoms with Crippen molar-refractivity contribution in [2.24, 2.45) is 18.4 Å². The lowest BCUT2D eigenvalue weighted by molar-refractivity contribution is 0.101. The number of carbonyl (C=O) groups excluding carboxylic acids is 2. The third-order valence-corrected chi connectivity index (χ3v) is 7.79. The van der Waals surface area contributed by atoms with Gasteiger partial charge in [-0.25, -0.2) is 0 Å². The molecule has 2 heterocycles. The Morgan fingerprint density at radius 3 is 2.45 bits per heavy atom. The van der Waals surface area contributed by atoms with E-state index in [1.165, 1.54) is 26.5 Å². The molecule has 2 aromatic heterocycles. The minimum absolute atomic E-state index is 0.175. The summed E-state index contributed by atoms with van der Waals surface area (Å²) in [5.74, 6) is 0.107. The first kappa shape index (κ1) is 23.2. The normalized spacial score (nSPS) is 15.7. The van der Waals surface area contributed by atoms with Crippen LogP contribution in [-0.2, 0) is 26.3 Å². The molecular weight excluding hydrogens is 432 g/mol. The second-order valence-corrected chi connectivity index (χ2v) is 10.9. The number of rotatable bonds is 5. The number of fused-ring (bicyclic) bond motifs is 1. The quantitative estimate of drug-likeness (QED) is 0.509. The summed E-state index contributed by atoms with van der Waals surface area (Å²) >= 11 is 1.54. The molecule has 174 valence electrons. The van der Waals surface area contributed by atoms with Crippen LogP contribution in [0.5, 0.6) is 0 Å². The lowest BCUT2D eigenvalue weighted by Crippen LogP contribution is -2.27. The zero-order valence-electron chi connectivity index (χ0n) is 20.0. The van der Waals surface area contributed by atoms with E-state index in [0.29, 0.717) is 22.2 Å². The lowest BCUT2D eigenvalue weighted by Gasteiger charge is -2.33. The third kappa shape index (κ3) is 4.88. The number of hydrogen-bond donors (Lipinski definition) is 2. The van der Waals surface area contributed by atoms with E-state index in [-0.39, 0.29) is 17.2 Å². The van der Waals surface area contributed by atoms with E-state index < -0.39 is 0 Å². The number of amides is 2. The van der Waals surface area contributed by atoms with E-state index in [0.717, 1.165) is 36.9 Å². The van der Waals surface area contributed by atoms with E-state index in [1.54, 1.807) is 19.3 Å². The molecule has 1 aliphatic rings. The fourth-order valence-electron chi connectivity index (χ4n) is 4.43. The minimum atomic E-state index is -0.262. The van der Waals surface area contributed by atoms with Crippen LogP contribution in [0.3, 0.4) is 0 Å². The molecule has 6 nitrogen and oxygen atoms in total. The molecule has 0 saturated heterocycles. The molecule has 1 aliphatic carbocycles. The van der Waals surface area contributed by atoms with Crippen molar-refractivity contribution in [1.82, 2.24) is 9.78 Å². The van der Waals surface area contributed by atoms with Gasteiger partial charge in [0.25, 0.3) is 11.8 Å². The predicted octanol–water partition coefficient (Wildman–Crippen LogP) is 5.70. The summed E-state index contributed by atoms with van der Waals surface area (Å²) < 4.78 is 1.54. The van der Waals surface area contributed by atoms with Crippen molar-refractivity contribution in [1.29, 1.82) is 0 Å². The van der Waals surface area contributed by atoms with Crippen LogP contribution < -0.4 is 10.6 Å². The summed E-state index contributed by atoms with van der Waals surface area (Å²) in [7, 11) is 1.73. The smallest absolute Gasteiger partial charge is 0.274 e. The molecule has 3 aromatic rings. The molecule has 1 atom stereocenters. The Balaban J connectivity index is 1.67. The van der Waals surface area contributed by atoms with Gasteiger partial charge in [0, 0.05) is 23.8 Å². The van der Waals surface area contributed by atoms with Crippen LogP contribution in [0.4, 0.5) is 10.7 Å². The number of benzene rings is 1. The second-order valence-electron chi connectivity index (χ2n) is 9.81. The van der Waals surface area contributed by atoms with Crippen LogP contribution in [0.1, 0.15) is 71.0 Å². The van der Waals surface area contributed by atoms with Crippen molar-refractivity contribution in [3.8, 4) is 0 Å². The zero-order valence-corrected chi connectivity index (χ0v) is 20.8. The van der Waals surface area contributed by atoms with E-state index in [4.69, 9.17) is 0 Å². The van der Waals surface area contributed by atoms with Crippen LogP contribution in [0.25, 0.3) is 0 Å². The van der Waals surface area contributed by atoms with Gasteiger partial charge < -0.3 is 10.6 Å². The minimum Gasteiger partial charge on any atom is -0.322 e. The number of hydrogen-bond acceptors (Lipinski definition) is 4. The Labute approximate surface area is 199 Å². The van der Waals surface area contributed by atoms with Gasteiger partial charge in [-0.2, -0.15) is 5.10 Å². The molecule has 0 bridgehead atoms. The Kier molecular flexibility index (Phi) is 6.43. The molecule has 0 fully saturated rings. The van der Waals surface area contributed by atoms with Gasteiger partial charge in [0.2, 0.25) is 0 Å². The summed E-state index contributed by atoms with van der Waals surface area (Å²) in [5.41, 5.74) is 4.29. The number of aryl methyl sites for hydroxylation is 2. The summed E-state index contributed by atoms with van der Waals surface area (Å²) in [6, 6.07) is 9.58. The van der Waals surface area contributed by atoms with Crippen LogP contribution in [0.2, 0.25) is 0 Å². The number of nitrogens with zero attached hydrogens (tertiary/aromatic N) is 2. The molecule has 0 radical (unpaired) electrons. The molecule has 0 saturated carbocycles. The number of aromatic nitrogens is 2. The molecule has 0 spiro atoms. The summed E-state index contributed by atoms with van der Waals surface area (Å²) in [6.45, 7) is 8.92. The number of carbonyl (C=O) groups is 2. The van der Waals surface area contributed by atoms with Crippen molar-refractivity contribution >= 4 is 33.8 Å². The Hall–Kier alpha value is -2.93. The molecule has 2 amide bonds. The maximum absolute atomic E-state index is 13.5. The molecule has 4 rings (SSSR count). The van der Waals surface area contributed by atoms with Gasteiger partial charge in [0.15, 0.2) is 0 Å². The first-order valence-electron chi connectivity index (χ1n) is 11.5. The monoisotopic (exact) mass is 464 g/mol. The highest BCUT2D eigenvalue weighted by Gasteiger charge is 2.34. The highest BCUT2D eigenvalue weighted by atomic mass is 32.1. The Morgan fingerprint density at radius 2 is 1.85 bits per heavy atom. The highest BCUT2D eigenvalue weighted by Crippen LogP contribution is 2.44. The number of nitrogens with one attached hydrogen (secondary N) is 2. The van der Waals surface area contributed by atoms with Crippen molar-refractivity contribution in [3.05, 3.63) is 63.8 Å². The predicted molar refractivity (Wildman–Crippen MR) is 134 cm³/mol. The third-order valence-electron chi connectivity index (χ3n) is 6.62. The highest BCUT2D eigenvalue weighted by molar-refractivity contribution is 7.17. The summed E-state index contributed by atoms with van der Waals surface area (Å²) in [6.07, 6.45) is 5.35. The second kappa shape index (κ2) is 9.14. The standard InChI is InChI=1S/C26H32N4O2S/c1-6-16-7-10-18(11-8-16)28-24(32)22-19-12-9-17(26(2,3)4)15-21(19)33-25(22)29-23(31)20-13-14-27-30(20)5/h7-8,10-11,13-14,17H,6,9,12,15H2,1-5H3,(H,28,32)(H,29,31)/t17-/m1/s1. The average molecular weight is 465 g/mol. The van der Waals surface area contributed by atoms with Gasteiger partial charge in [-0.3, -0.25) is 14.3 Å². The lowest BCUT2D eigenvalue weighted by atomic mass is 9.72. The maximum atomic E-state index is 13.5. The van der Waals surface area contributed by atoms with E-state index in [1.807, 2.05) is 24.3 Å². The van der Waals surface area contributed by atoms with E-state index in [2.05, 4.69) is 43.4 Å². The van der Waals surface area contributed by atoms with Gasteiger partial charge >= 0.3 is 0 Å². The first-order chi connectivity index (χ1) is 15.7. The first-order valence-corrected chi connectivity index (χ1v) is 12.3. The summed E-state index contributed by atoms with van der Waals surface area (Å²) in [4.78, 5) is 27.6. The van der Waals surface area contributed by atoms with Crippen LogP contribution in [0.15, 0.2) is 36.5 Å². The largest absolute Gasteiger partial charge is 0.322 e. The molecule has 0 unspecified atom stereocenters. The Bertz CT molecular complexity index is 1170. The zero-order chi connectivity index (χ0) is 23.8. The fraction of sp³-hybridized carbons (Fsp3) is 0.423. The van der Waals surface area contributed by atoms with Crippen molar-refractivity contribution < 1.29 is 9.59 Å². The maximum Gasteiger partial charge on any atom is 0.274 e. The SMILES string of the molecule is CCc1ccc(NC(=O)c2c(NC(=O)c3ccnn3C)sc3c2CC[C@@H](C(C)(C)C)C3)cc1. The molecular formula is C26H32N4O2S. The Morgan fingerprint density at radius 1 is 1.12 bits per heavy atom. The topological polar surface area (TPSA) is 76.0 Å². The van der Waals surface area contributed by atoms with Crippen LogP contribution >= 0.6 is 11.3 Å². The molecule has 7 heteroatoms. The molecule has 2 N–H and O–H groups in total. The summed E-state index contributed by atoms with van der Waals surface area (Å²) in [5, 5.41) is 10.8. The van der Waals surface area contributed by atoms with Gasteiger partial charge in [0.1, 0.15) is 10.7 Å². The van der Waals surface area contributed by atoms with E-state index in [9.17, 15) is 9.59 Å². The van der Waals surface area contributed by atoms with Crippen LogP contribution in [-0.4, -0.2) is 21.6 Å². The number of anilines is 2. The van der Waals surface area contributed by atoms with Crippen molar-refractivity contribution in [2.45, 2.75) is 53.4 Å². The van der Waals surface area contributed by atoms with Gasteiger partial charge in [-0.15, -0.1) is 11.3 Å². The number of thiophene rings is 1. The van der Waals surface area contributed by atoms with Gasteiger partial charge in [0.05, 0.1) is 5.56 Å². The molecule has 1 aromatic carbocycles. The van der Waals surface area contributed by atoms with Crippen molar-refractivity contribution in [3.63, 3.8) is 0 Å². The fourth-order valence-corrected chi connectivity index (χ4v) is 5.75. The molecule has 0 aliphatic heterocycles. The van der Waals surface area contributed by atoms with E-state index >= 15 is 0 Å².